The molecule has 0 aromatic carbocycles. The summed E-state index contributed by atoms with van der Waals surface area (Å²) in [5.41, 5.74) is 0.642. The van der Waals surface area contributed by atoms with Crippen molar-refractivity contribution in [2.24, 2.45) is 0 Å². The number of aliphatic hydroxyl groups excluding tert-OH is 1. The molecule has 0 spiro atoms. The molecule has 0 saturated carbocycles. The van der Waals surface area contributed by atoms with Crippen molar-refractivity contribution in [1.82, 2.24) is 4.57 Å². The van der Waals surface area contributed by atoms with Crippen LogP contribution in [0.4, 0.5) is 0 Å². The Bertz CT molecular complexity index is 373. The number of allylic oxidation sites excluding steroid dienone is 1. The van der Waals surface area contributed by atoms with E-state index in [-0.39, 0.29) is 12.1 Å². The van der Waals surface area contributed by atoms with Crippen LogP contribution in [0, 0.1) is 11.3 Å². The maximum absolute atomic E-state index is 9.28. The van der Waals surface area contributed by atoms with Crippen LogP contribution in [-0.4, -0.2) is 15.8 Å². The number of nitriles is 1. The van der Waals surface area contributed by atoms with Crippen molar-refractivity contribution in [3.63, 3.8) is 0 Å². The Morgan fingerprint density at radius 3 is 3.00 bits per heavy atom. The lowest BCUT2D eigenvalue weighted by molar-refractivity contribution is 0.210. The van der Waals surface area contributed by atoms with E-state index >= 15 is 0 Å². The van der Waals surface area contributed by atoms with Gasteiger partial charge in [0.25, 0.3) is 0 Å². The van der Waals surface area contributed by atoms with E-state index in [1.54, 1.807) is 12.1 Å². The summed E-state index contributed by atoms with van der Waals surface area (Å²) in [5.74, 6) is 0. The second kappa shape index (κ2) is 3.08. The zero-order valence-electron chi connectivity index (χ0n) is 7.09. The topological polar surface area (TPSA) is 49.0 Å². The standard InChI is InChI=1S/C10H10N2O/c11-7-9-2-1-5-12(9)8-3-4-10(13)6-8/h1-5,8,10,13H,6H2. The zero-order chi connectivity index (χ0) is 9.26. The highest BCUT2D eigenvalue weighted by molar-refractivity contribution is 5.25. The molecule has 0 radical (unpaired) electrons. The third-order valence-corrected chi connectivity index (χ3v) is 2.29. The molecule has 13 heavy (non-hydrogen) atoms. The van der Waals surface area contributed by atoms with Crippen LogP contribution in [0.2, 0.25) is 0 Å². The minimum atomic E-state index is -0.362. The summed E-state index contributed by atoms with van der Waals surface area (Å²) >= 11 is 0. The third kappa shape index (κ3) is 1.36. The van der Waals surface area contributed by atoms with Crippen LogP contribution in [-0.2, 0) is 0 Å². The van der Waals surface area contributed by atoms with Crippen molar-refractivity contribution in [3.8, 4) is 6.07 Å². The first-order valence-electron chi connectivity index (χ1n) is 4.24. The Labute approximate surface area is 76.5 Å². The fourth-order valence-corrected chi connectivity index (χ4v) is 1.64. The summed E-state index contributed by atoms with van der Waals surface area (Å²) < 4.78 is 1.88. The highest BCUT2D eigenvalue weighted by Gasteiger charge is 2.19. The molecule has 2 atom stereocenters. The van der Waals surface area contributed by atoms with Gasteiger partial charge in [-0.1, -0.05) is 12.2 Å². The first-order valence-corrected chi connectivity index (χ1v) is 4.24. The highest BCUT2D eigenvalue weighted by atomic mass is 16.3. The number of aliphatic hydroxyl groups is 1. The smallest absolute Gasteiger partial charge is 0.120 e. The maximum atomic E-state index is 9.28. The van der Waals surface area contributed by atoms with Gasteiger partial charge in [-0.05, 0) is 12.1 Å². The molecule has 1 heterocycles. The van der Waals surface area contributed by atoms with Crippen molar-refractivity contribution in [2.75, 3.05) is 0 Å². The van der Waals surface area contributed by atoms with Crippen LogP contribution in [0.25, 0.3) is 0 Å². The quantitative estimate of drug-likeness (QED) is 0.651. The van der Waals surface area contributed by atoms with E-state index in [2.05, 4.69) is 6.07 Å². The van der Waals surface area contributed by atoms with E-state index in [0.29, 0.717) is 12.1 Å². The zero-order valence-corrected chi connectivity index (χ0v) is 7.09. The third-order valence-electron chi connectivity index (χ3n) is 2.29. The molecule has 0 fully saturated rings. The lowest BCUT2D eigenvalue weighted by atomic mass is 10.2. The number of aromatic nitrogens is 1. The van der Waals surface area contributed by atoms with Gasteiger partial charge in [0.2, 0.25) is 0 Å². The van der Waals surface area contributed by atoms with E-state index in [4.69, 9.17) is 5.26 Å². The monoisotopic (exact) mass is 174 g/mol. The molecule has 0 aliphatic heterocycles. The molecule has 1 N–H and O–H groups in total. The van der Waals surface area contributed by atoms with Gasteiger partial charge in [0.1, 0.15) is 11.8 Å². The molecule has 1 aliphatic carbocycles. The first kappa shape index (κ1) is 8.09. The second-order valence-corrected chi connectivity index (χ2v) is 3.17. The molecule has 2 unspecified atom stereocenters. The van der Waals surface area contributed by atoms with Crippen molar-refractivity contribution in [2.45, 2.75) is 18.6 Å². The number of hydrogen-bond acceptors (Lipinski definition) is 2. The normalized spacial score (nSPS) is 26.2. The molecule has 1 aliphatic rings. The van der Waals surface area contributed by atoms with Crippen molar-refractivity contribution in [3.05, 3.63) is 36.2 Å². The van der Waals surface area contributed by atoms with E-state index in [1.165, 1.54) is 0 Å². The van der Waals surface area contributed by atoms with Gasteiger partial charge in [-0.15, -0.1) is 0 Å². The van der Waals surface area contributed by atoms with Gasteiger partial charge < -0.3 is 9.67 Å². The van der Waals surface area contributed by atoms with Crippen LogP contribution in [0.5, 0.6) is 0 Å². The van der Waals surface area contributed by atoms with Gasteiger partial charge in [-0.3, -0.25) is 0 Å². The highest BCUT2D eigenvalue weighted by Crippen LogP contribution is 2.24. The Balaban J connectivity index is 2.28. The molecule has 0 amide bonds. The van der Waals surface area contributed by atoms with E-state index in [1.807, 2.05) is 22.9 Å². The molecule has 66 valence electrons. The van der Waals surface area contributed by atoms with Gasteiger partial charge in [0.05, 0.1) is 12.1 Å². The van der Waals surface area contributed by atoms with E-state index < -0.39 is 0 Å². The largest absolute Gasteiger partial charge is 0.389 e. The Morgan fingerprint density at radius 2 is 2.38 bits per heavy atom. The fourth-order valence-electron chi connectivity index (χ4n) is 1.64. The predicted molar refractivity (Wildman–Crippen MR) is 47.9 cm³/mol. The second-order valence-electron chi connectivity index (χ2n) is 3.17. The summed E-state index contributed by atoms with van der Waals surface area (Å²) in [6.07, 6.45) is 5.88. The van der Waals surface area contributed by atoms with Crippen molar-refractivity contribution >= 4 is 0 Å². The van der Waals surface area contributed by atoms with Gasteiger partial charge in [0, 0.05) is 12.6 Å². The average molecular weight is 174 g/mol. The van der Waals surface area contributed by atoms with Gasteiger partial charge in [-0.25, -0.2) is 0 Å². The molecular weight excluding hydrogens is 164 g/mol. The van der Waals surface area contributed by atoms with E-state index in [0.717, 1.165) is 0 Å². The summed E-state index contributed by atoms with van der Waals surface area (Å²) in [6.45, 7) is 0. The Kier molecular flexibility index (Phi) is 1.91. The van der Waals surface area contributed by atoms with Crippen LogP contribution in [0.15, 0.2) is 30.5 Å². The summed E-state index contributed by atoms with van der Waals surface area (Å²) in [4.78, 5) is 0. The molecule has 1 aromatic rings. The molecule has 3 nitrogen and oxygen atoms in total. The molecular formula is C10H10N2O. The molecule has 1 aromatic heterocycles. The molecule has 0 saturated heterocycles. The van der Waals surface area contributed by atoms with Gasteiger partial charge >= 0.3 is 0 Å². The molecule has 3 heteroatoms. The number of rotatable bonds is 1. The average Bonchev–Trinajstić information content (AvgIpc) is 2.71. The molecule has 0 bridgehead atoms. The molecule has 2 rings (SSSR count). The van der Waals surface area contributed by atoms with Crippen LogP contribution in [0.3, 0.4) is 0 Å². The van der Waals surface area contributed by atoms with Gasteiger partial charge in [0.15, 0.2) is 0 Å². The summed E-state index contributed by atoms with van der Waals surface area (Å²) in [7, 11) is 0. The van der Waals surface area contributed by atoms with Crippen LogP contribution in [0.1, 0.15) is 18.2 Å². The maximum Gasteiger partial charge on any atom is 0.120 e. The van der Waals surface area contributed by atoms with Gasteiger partial charge in [-0.2, -0.15) is 5.26 Å². The fraction of sp³-hybridized carbons (Fsp3) is 0.300. The summed E-state index contributed by atoms with van der Waals surface area (Å²) in [6, 6.07) is 5.87. The first-order chi connectivity index (χ1) is 6.31. The van der Waals surface area contributed by atoms with E-state index in [9.17, 15) is 5.11 Å². The Morgan fingerprint density at radius 1 is 1.54 bits per heavy atom. The van der Waals surface area contributed by atoms with Crippen LogP contribution < -0.4 is 0 Å². The number of hydrogen-bond donors (Lipinski definition) is 1. The minimum Gasteiger partial charge on any atom is -0.389 e. The Hall–Kier alpha value is -1.53. The number of nitrogens with zero attached hydrogens (tertiary/aromatic N) is 2. The van der Waals surface area contributed by atoms with Crippen molar-refractivity contribution < 1.29 is 5.11 Å². The predicted octanol–water partition coefficient (Wildman–Crippen LogP) is 1.22. The lowest BCUT2D eigenvalue weighted by Gasteiger charge is -2.11. The minimum absolute atomic E-state index is 0.139. The van der Waals surface area contributed by atoms with Crippen molar-refractivity contribution in [1.29, 1.82) is 5.26 Å². The van der Waals surface area contributed by atoms with Crippen LogP contribution >= 0.6 is 0 Å². The SMILES string of the molecule is N#Cc1cccn1C1C=CC(O)C1. The lowest BCUT2D eigenvalue weighted by Crippen LogP contribution is -2.08. The summed E-state index contributed by atoms with van der Waals surface area (Å²) in [5, 5.41) is 18.1.